The lowest BCUT2D eigenvalue weighted by Gasteiger charge is -2.35. The van der Waals surface area contributed by atoms with Gasteiger partial charge >= 0.3 is 0 Å². The van der Waals surface area contributed by atoms with Crippen LogP contribution in [0.4, 0.5) is 0 Å². The molecule has 0 aromatic carbocycles. The Morgan fingerprint density at radius 1 is 1.53 bits per heavy atom. The normalized spacial score (nSPS) is 23.7. The average molecular weight is 250 g/mol. The Kier molecular flexibility index (Phi) is 3.65. The van der Waals surface area contributed by atoms with E-state index in [2.05, 4.69) is 37.7 Å². The summed E-state index contributed by atoms with van der Waals surface area (Å²) < 4.78 is 5.08. The monoisotopic (exact) mass is 250 g/mol. The van der Waals surface area contributed by atoms with Crippen LogP contribution in [0.3, 0.4) is 0 Å². The van der Waals surface area contributed by atoms with Gasteiger partial charge in [-0.1, -0.05) is 31.6 Å². The summed E-state index contributed by atoms with van der Waals surface area (Å²) >= 11 is 0. The highest BCUT2D eigenvalue weighted by Crippen LogP contribution is 2.38. The number of ketones is 1. The van der Waals surface area contributed by atoms with Gasteiger partial charge in [-0.15, -0.1) is 12.1 Å². The van der Waals surface area contributed by atoms with E-state index < -0.39 is 13.7 Å². The molecule has 0 radical (unpaired) electrons. The highest BCUT2D eigenvalue weighted by Gasteiger charge is 2.53. The van der Waals surface area contributed by atoms with Crippen LogP contribution in [0.2, 0.25) is 19.6 Å². The lowest BCUT2D eigenvalue weighted by molar-refractivity contribution is -0.138. The lowest BCUT2D eigenvalue weighted by atomic mass is 9.76. The zero-order valence-corrected chi connectivity index (χ0v) is 11.8. The minimum atomic E-state index is -1.54. The number of Topliss-reactive ketones (excluding diaryl/α,β-unsaturated/α-hetero) is 1. The summed E-state index contributed by atoms with van der Waals surface area (Å²) in [7, 11) is -0.107. The van der Waals surface area contributed by atoms with Gasteiger partial charge in [0.25, 0.3) is 0 Å². The Morgan fingerprint density at radius 2 is 2.12 bits per heavy atom. The lowest BCUT2D eigenvalue weighted by Crippen LogP contribution is -2.51. The molecule has 1 N–H and O–H groups in total. The SMILES string of the molecule is C=CCC1(O)C(=O)C(C#C[Si](C)(C)C)=C1OC. The molecule has 0 spiro atoms. The van der Waals surface area contributed by atoms with Crippen molar-refractivity contribution in [1.82, 2.24) is 0 Å². The molecule has 0 aromatic heterocycles. The van der Waals surface area contributed by atoms with E-state index in [-0.39, 0.29) is 18.0 Å². The maximum absolute atomic E-state index is 11.8. The molecule has 1 atom stereocenters. The summed E-state index contributed by atoms with van der Waals surface area (Å²) in [4.78, 5) is 11.8. The number of hydrogen-bond donors (Lipinski definition) is 1. The molecule has 0 heterocycles. The molecule has 0 aliphatic heterocycles. The fourth-order valence-electron chi connectivity index (χ4n) is 1.59. The highest BCUT2D eigenvalue weighted by molar-refractivity contribution is 6.84. The van der Waals surface area contributed by atoms with Crippen molar-refractivity contribution in [3.63, 3.8) is 0 Å². The van der Waals surface area contributed by atoms with Crippen molar-refractivity contribution in [3.05, 3.63) is 24.0 Å². The second-order valence-corrected chi connectivity index (χ2v) is 9.84. The minimum absolute atomic E-state index is 0.160. The molecule has 1 aliphatic carbocycles. The fourth-order valence-corrected chi connectivity index (χ4v) is 2.09. The van der Waals surface area contributed by atoms with Crippen LogP contribution < -0.4 is 0 Å². The quantitative estimate of drug-likeness (QED) is 0.471. The molecule has 0 fully saturated rings. The Hall–Kier alpha value is -1.31. The van der Waals surface area contributed by atoms with Gasteiger partial charge in [0.05, 0.1) is 7.11 Å². The zero-order chi connectivity index (χ0) is 13.3. The maximum Gasteiger partial charge on any atom is 0.214 e. The first-order chi connectivity index (χ1) is 7.76. The number of carbonyl (C=O) groups excluding carboxylic acids is 1. The van der Waals surface area contributed by atoms with Crippen LogP contribution in [0, 0.1) is 11.5 Å². The van der Waals surface area contributed by atoms with Crippen molar-refractivity contribution in [2.75, 3.05) is 7.11 Å². The van der Waals surface area contributed by atoms with E-state index in [1.165, 1.54) is 13.2 Å². The van der Waals surface area contributed by atoms with Gasteiger partial charge < -0.3 is 9.84 Å². The Balaban J connectivity index is 3.11. The van der Waals surface area contributed by atoms with E-state index in [4.69, 9.17) is 4.74 Å². The first-order valence-electron chi connectivity index (χ1n) is 5.46. The molecule has 1 rings (SSSR count). The summed E-state index contributed by atoms with van der Waals surface area (Å²) in [5, 5.41) is 10.1. The first-order valence-corrected chi connectivity index (χ1v) is 8.96. The van der Waals surface area contributed by atoms with Gasteiger partial charge in [-0.25, -0.2) is 0 Å². The van der Waals surface area contributed by atoms with E-state index in [9.17, 15) is 9.90 Å². The second kappa shape index (κ2) is 4.51. The molecule has 1 unspecified atom stereocenters. The Bertz CT molecular complexity index is 446. The van der Waals surface area contributed by atoms with Crippen molar-refractivity contribution < 1.29 is 14.6 Å². The fraction of sp³-hybridized carbons (Fsp3) is 0.462. The second-order valence-electron chi connectivity index (χ2n) is 5.09. The third-order valence-corrected chi connectivity index (χ3v) is 3.29. The first kappa shape index (κ1) is 13.8. The summed E-state index contributed by atoms with van der Waals surface area (Å²) in [5.74, 6) is 2.76. The Labute approximate surface area is 103 Å². The summed E-state index contributed by atoms with van der Waals surface area (Å²) in [6.45, 7) is 9.79. The standard InChI is InChI=1S/C13H18O3Si/c1-6-8-13(15)11(14)10(12(13)16-2)7-9-17(3,4)5/h6,15H,1,8H2,2-5H3. The van der Waals surface area contributed by atoms with Gasteiger partial charge in [-0.05, 0) is 0 Å². The molecule has 0 bridgehead atoms. The smallest absolute Gasteiger partial charge is 0.214 e. The van der Waals surface area contributed by atoms with Gasteiger partial charge in [-0.3, -0.25) is 4.79 Å². The van der Waals surface area contributed by atoms with Crippen LogP contribution in [-0.4, -0.2) is 31.7 Å². The molecule has 92 valence electrons. The van der Waals surface area contributed by atoms with E-state index >= 15 is 0 Å². The molecule has 3 nitrogen and oxygen atoms in total. The maximum atomic E-state index is 11.8. The molecule has 0 aromatic rings. The highest BCUT2D eigenvalue weighted by atomic mass is 28.3. The molecular formula is C13H18O3Si. The molecule has 17 heavy (non-hydrogen) atoms. The number of hydrogen-bond acceptors (Lipinski definition) is 3. The van der Waals surface area contributed by atoms with E-state index in [0.29, 0.717) is 5.57 Å². The predicted octanol–water partition coefficient (Wildman–Crippen LogP) is 1.66. The van der Waals surface area contributed by atoms with Crippen LogP contribution in [0.1, 0.15) is 6.42 Å². The van der Waals surface area contributed by atoms with E-state index in [1.807, 2.05) is 0 Å². The zero-order valence-electron chi connectivity index (χ0n) is 10.8. The molecule has 0 saturated carbocycles. The molecule has 0 saturated heterocycles. The van der Waals surface area contributed by atoms with Gasteiger partial charge in [0, 0.05) is 6.42 Å². The summed E-state index contributed by atoms with van der Waals surface area (Å²) in [5.41, 5.74) is 1.85. The van der Waals surface area contributed by atoms with Gasteiger partial charge in [-0.2, -0.15) is 0 Å². The number of ether oxygens (including phenoxy) is 1. The minimum Gasteiger partial charge on any atom is -0.496 e. The van der Waals surface area contributed by atoms with Crippen molar-refractivity contribution in [1.29, 1.82) is 0 Å². The summed E-state index contributed by atoms with van der Waals surface area (Å²) in [6, 6.07) is 0. The van der Waals surface area contributed by atoms with Crippen LogP contribution in [0.15, 0.2) is 24.0 Å². The topological polar surface area (TPSA) is 46.5 Å². The van der Waals surface area contributed by atoms with Crippen LogP contribution in [0.5, 0.6) is 0 Å². The van der Waals surface area contributed by atoms with Gasteiger partial charge in [0.15, 0.2) is 11.4 Å². The van der Waals surface area contributed by atoms with Gasteiger partial charge in [0.1, 0.15) is 13.6 Å². The van der Waals surface area contributed by atoms with E-state index in [0.717, 1.165) is 0 Å². The number of carbonyl (C=O) groups is 1. The van der Waals surface area contributed by atoms with Crippen LogP contribution in [0.25, 0.3) is 0 Å². The van der Waals surface area contributed by atoms with Crippen LogP contribution >= 0.6 is 0 Å². The molecule has 4 heteroatoms. The van der Waals surface area contributed by atoms with Crippen LogP contribution in [-0.2, 0) is 9.53 Å². The van der Waals surface area contributed by atoms with Crippen molar-refractivity contribution in [2.45, 2.75) is 31.7 Å². The van der Waals surface area contributed by atoms with Crippen molar-refractivity contribution in [3.8, 4) is 11.5 Å². The van der Waals surface area contributed by atoms with Crippen molar-refractivity contribution >= 4 is 13.9 Å². The average Bonchev–Trinajstić information content (AvgIpc) is 2.21. The largest absolute Gasteiger partial charge is 0.496 e. The third kappa shape index (κ3) is 2.51. The number of methoxy groups -OCH3 is 1. The third-order valence-electron chi connectivity index (χ3n) is 2.41. The van der Waals surface area contributed by atoms with Crippen molar-refractivity contribution in [2.24, 2.45) is 0 Å². The Morgan fingerprint density at radius 3 is 2.53 bits per heavy atom. The molecule has 1 aliphatic rings. The number of rotatable bonds is 3. The van der Waals surface area contributed by atoms with Gasteiger partial charge in [0.2, 0.25) is 5.78 Å². The predicted molar refractivity (Wildman–Crippen MR) is 69.9 cm³/mol. The summed E-state index contributed by atoms with van der Waals surface area (Å²) in [6.07, 6.45) is 1.66. The number of aliphatic hydroxyl groups is 1. The molecular weight excluding hydrogens is 232 g/mol. The molecule has 0 amide bonds. The van der Waals surface area contributed by atoms with E-state index in [1.54, 1.807) is 0 Å².